The molecule has 0 amide bonds. The maximum absolute atomic E-state index is 12.8. The number of rotatable bonds is 4. The number of esters is 2. The number of benzene rings is 1. The van der Waals surface area contributed by atoms with Gasteiger partial charge in [0.05, 0.1) is 0 Å². The van der Waals surface area contributed by atoms with Gasteiger partial charge in [-0.25, -0.2) is 4.79 Å². The first-order valence-corrected chi connectivity index (χ1v) is 10.3. The highest BCUT2D eigenvalue weighted by Crippen LogP contribution is 2.48. The molecule has 1 fully saturated rings. The quantitative estimate of drug-likeness (QED) is 0.718. The van der Waals surface area contributed by atoms with Crippen molar-refractivity contribution in [3.8, 4) is 0 Å². The molecule has 0 atom stereocenters. The molecule has 4 nitrogen and oxygen atoms in total. The van der Waals surface area contributed by atoms with Crippen molar-refractivity contribution in [3.63, 3.8) is 0 Å². The Morgan fingerprint density at radius 2 is 1.85 bits per heavy atom. The van der Waals surface area contributed by atoms with Gasteiger partial charge in [-0.1, -0.05) is 30.7 Å². The van der Waals surface area contributed by atoms with Crippen LogP contribution in [0, 0.1) is 6.92 Å². The lowest BCUT2D eigenvalue weighted by atomic mass is 9.82. The highest BCUT2D eigenvalue weighted by Gasteiger charge is 2.52. The molecular weight excluding hydrogens is 348 g/mol. The molecule has 1 heterocycles. The molecule has 2 aliphatic rings. The highest BCUT2D eigenvalue weighted by atomic mass is 32.2. The second-order valence-electron chi connectivity index (χ2n) is 7.57. The molecule has 3 rings (SSSR count). The number of carbonyl (C=O) groups is 2. The fourth-order valence-electron chi connectivity index (χ4n) is 3.58. The summed E-state index contributed by atoms with van der Waals surface area (Å²) in [5, 5.41) is 0. The SMILES string of the molecule is CSC(C)(C)C(=O)OC1=C(c2ccccc2C)C(=O)OC12CCCCC2. The van der Waals surface area contributed by atoms with E-state index in [0.717, 1.165) is 30.4 Å². The molecule has 0 saturated heterocycles. The topological polar surface area (TPSA) is 52.6 Å². The van der Waals surface area contributed by atoms with Gasteiger partial charge in [-0.3, -0.25) is 4.79 Å². The average molecular weight is 375 g/mol. The van der Waals surface area contributed by atoms with Crippen LogP contribution < -0.4 is 0 Å². The number of thioether (sulfide) groups is 1. The summed E-state index contributed by atoms with van der Waals surface area (Å²) < 4.78 is 11.1. The smallest absolute Gasteiger partial charge is 0.343 e. The van der Waals surface area contributed by atoms with Crippen LogP contribution in [-0.4, -0.2) is 28.5 Å². The number of aryl methyl sites for hydroxylation is 1. The van der Waals surface area contributed by atoms with E-state index in [-0.39, 0.29) is 11.9 Å². The Labute approximate surface area is 159 Å². The molecule has 1 aliphatic carbocycles. The zero-order valence-corrected chi connectivity index (χ0v) is 16.7. The Balaban J connectivity index is 2.12. The first kappa shape index (κ1) is 19.0. The van der Waals surface area contributed by atoms with Crippen LogP contribution in [0.4, 0.5) is 0 Å². The Bertz CT molecular complexity index is 757. The van der Waals surface area contributed by atoms with E-state index < -0.39 is 10.3 Å². The average Bonchev–Trinajstić information content (AvgIpc) is 2.87. The van der Waals surface area contributed by atoms with Gasteiger partial charge in [0.1, 0.15) is 10.3 Å². The largest absolute Gasteiger partial charge is 0.447 e. The molecule has 1 spiro atoms. The third-order valence-corrected chi connectivity index (χ3v) is 6.59. The number of carbonyl (C=O) groups excluding carboxylic acids is 2. The molecule has 0 radical (unpaired) electrons. The Morgan fingerprint density at radius 1 is 1.19 bits per heavy atom. The van der Waals surface area contributed by atoms with E-state index in [0.29, 0.717) is 24.2 Å². The maximum Gasteiger partial charge on any atom is 0.343 e. The summed E-state index contributed by atoms with van der Waals surface area (Å²) in [5.74, 6) is -0.302. The van der Waals surface area contributed by atoms with E-state index in [1.807, 2.05) is 51.3 Å². The van der Waals surface area contributed by atoms with Crippen molar-refractivity contribution >= 4 is 29.3 Å². The highest BCUT2D eigenvalue weighted by molar-refractivity contribution is 8.00. The zero-order valence-electron chi connectivity index (χ0n) is 15.9. The molecule has 0 unspecified atom stereocenters. The van der Waals surface area contributed by atoms with Crippen LogP contribution in [0.3, 0.4) is 0 Å². The standard InChI is InChI=1S/C21H26O4S/c1-14-10-6-7-11-15(14)16-17(24-19(23)20(2,3)26-4)21(25-18(16)22)12-8-5-9-13-21/h6-7,10-11H,5,8-9,12-13H2,1-4H3. The number of hydrogen-bond donors (Lipinski definition) is 0. The van der Waals surface area contributed by atoms with Crippen LogP contribution in [0.5, 0.6) is 0 Å². The molecule has 1 saturated carbocycles. The van der Waals surface area contributed by atoms with E-state index >= 15 is 0 Å². The minimum atomic E-state index is -0.795. The summed E-state index contributed by atoms with van der Waals surface area (Å²) in [6.45, 7) is 5.62. The van der Waals surface area contributed by atoms with Crippen molar-refractivity contribution in [2.45, 2.75) is 63.2 Å². The lowest BCUT2D eigenvalue weighted by molar-refractivity contribution is -0.156. The van der Waals surface area contributed by atoms with Crippen LogP contribution in [0.15, 0.2) is 30.0 Å². The number of hydrogen-bond acceptors (Lipinski definition) is 5. The van der Waals surface area contributed by atoms with Gasteiger partial charge < -0.3 is 9.47 Å². The minimum absolute atomic E-state index is 0.339. The van der Waals surface area contributed by atoms with Gasteiger partial charge in [0.2, 0.25) is 0 Å². The second-order valence-corrected chi connectivity index (χ2v) is 9.00. The van der Waals surface area contributed by atoms with E-state index in [9.17, 15) is 9.59 Å². The predicted octanol–water partition coefficient (Wildman–Crippen LogP) is 4.65. The van der Waals surface area contributed by atoms with Gasteiger partial charge in [0.25, 0.3) is 0 Å². The lowest BCUT2D eigenvalue weighted by Crippen LogP contribution is -2.39. The molecule has 0 aromatic heterocycles. The number of ether oxygens (including phenoxy) is 2. The van der Waals surface area contributed by atoms with Crippen molar-refractivity contribution in [2.75, 3.05) is 6.26 Å². The van der Waals surface area contributed by atoms with Crippen LogP contribution in [0.1, 0.15) is 57.1 Å². The second kappa shape index (κ2) is 7.10. The van der Waals surface area contributed by atoms with Crippen LogP contribution in [0.2, 0.25) is 0 Å². The van der Waals surface area contributed by atoms with E-state index in [2.05, 4.69) is 0 Å². The lowest BCUT2D eigenvalue weighted by Gasteiger charge is -2.34. The fourth-order valence-corrected chi connectivity index (χ4v) is 3.78. The molecule has 1 aromatic rings. The molecule has 1 aliphatic heterocycles. The molecule has 26 heavy (non-hydrogen) atoms. The first-order chi connectivity index (χ1) is 12.3. The Kier molecular flexibility index (Phi) is 5.20. The molecule has 1 aromatic carbocycles. The van der Waals surface area contributed by atoms with Crippen LogP contribution in [-0.2, 0) is 19.1 Å². The van der Waals surface area contributed by atoms with Crippen molar-refractivity contribution in [2.24, 2.45) is 0 Å². The van der Waals surface area contributed by atoms with Crippen molar-refractivity contribution in [1.82, 2.24) is 0 Å². The van der Waals surface area contributed by atoms with E-state index in [1.165, 1.54) is 11.8 Å². The third-order valence-electron chi connectivity index (χ3n) is 5.41. The predicted molar refractivity (Wildman–Crippen MR) is 104 cm³/mol. The van der Waals surface area contributed by atoms with Gasteiger partial charge in [0, 0.05) is 0 Å². The zero-order chi connectivity index (χ0) is 18.9. The van der Waals surface area contributed by atoms with Crippen molar-refractivity contribution < 1.29 is 19.1 Å². The minimum Gasteiger partial charge on any atom is -0.447 e. The Hall–Kier alpha value is -1.75. The summed E-state index contributed by atoms with van der Waals surface area (Å²) in [6, 6.07) is 7.66. The summed E-state index contributed by atoms with van der Waals surface area (Å²) >= 11 is 1.43. The molecule has 0 bridgehead atoms. The van der Waals surface area contributed by atoms with Gasteiger partial charge in [0.15, 0.2) is 11.4 Å². The van der Waals surface area contributed by atoms with E-state index in [4.69, 9.17) is 9.47 Å². The third kappa shape index (κ3) is 3.29. The summed E-state index contributed by atoms with van der Waals surface area (Å²) in [4.78, 5) is 25.6. The van der Waals surface area contributed by atoms with Crippen molar-refractivity contribution in [1.29, 1.82) is 0 Å². The normalized spacial score (nSPS) is 19.6. The van der Waals surface area contributed by atoms with Gasteiger partial charge in [-0.15, -0.1) is 11.8 Å². The monoisotopic (exact) mass is 374 g/mol. The summed E-state index contributed by atoms with van der Waals surface area (Å²) in [7, 11) is 0. The van der Waals surface area contributed by atoms with Crippen LogP contribution >= 0.6 is 11.8 Å². The molecular formula is C21H26O4S. The van der Waals surface area contributed by atoms with Gasteiger partial charge in [-0.05, 0) is 63.8 Å². The first-order valence-electron chi connectivity index (χ1n) is 9.12. The van der Waals surface area contributed by atoms with Gasteiger partial charge in [-0.2, -0.15) is 0 Å². The maximum atomic E-state index is 12.8. The van der Waals surface area contributed by atoms with Crippen LogP contribution in [0.25, 0.3) is 5.57 Å². The van der Waals surface area contributed by atoms with Gasteiger partial charge >= 0.3 is 11.9 Å². The molecule has 5 heteroatoms. The fraction of sp³-hybridized carbons (Fsp3) is 0.524. The molecule has 140 valence electrons. The Morgan fingerprint density at radius 3 is 2.46 bits per heavy atom. The van der Waals surface area contributed by atoms with E-state index in [1.54, 1.807) is 0 Å². The summed E-state index contributed by atoms with van der Waals surface area (Å²) in [6.07, 6.45) is 6.32. The van der Waals surface area contributed by atoms with Crippen molar-refractivity contribution in [3.05, 3.63) is 41.2 Å². The summed E-state index contributed by atoms with van der Waals surface area (Å²) in [5.41, 5.74) is 1.36. The molecule has 0 N–H and O–H groups in total.